The van der Waals surface area contributed by atoms with Crippen LogP contribution in [0.25, 0.3) is 0 Å². The first-order valence-corrected chi connectivity index (χ1v) is 6.92. The van der Waals surface area contributed by atoms with E-state index >= 15 is 0 Å². The van der Waals surface area contributed by atoms with Crippen LogP contribution in [0.5, 0.6) is 5.75 Å². The van der Waals surface area contributed by atoms with E-state index in [1.165, 1.54) is 5.56 Å². The minimum Gasteiger partial charge on any atom is -0.496 e. The van der Waals surface area contributed by atoms with E-state index in [-0.39, 0.29) is 6.04 Å². The topological polar surface area (TPSA) is 48.1 Å². The summed E-state index contributed by atoms with van der Waals surface area (Å²) >= 11 is 1.63. The lowest BCUT2D eigenvalue weighted by atomic mass is 10.1. The van der Waals surface area contributed by atoms with Crippen LogP contribution in [0.3, 0.4) is 0 Å². The first-order chi connectivity index (χ1) is 8.72. The number of ether oxygens (including phenoxy) is 1. The number of nitrogens with zero attached hydrogens (tertiary/aromatic N) is 1. The van der Waals surface area contributed by atoms with Crippen molar-refractivity contribution >= 4 is 11.3 Å². The van der Waals surface area contributed by atoms with Crippen molar-refractivity contribution in [3.8, 4) is 5.75 Å². The minimum atomic E-state index is -0.0149. The van der Waals surface area contributed by atoms with Crippen LogP contribution in [-0.4, -0.2) is 12.1 Å². The second-order valence-electron chi connectivity index (χ2n) is 4.21. The van der Waals surface area contributed by atoms with E-state index in [1.807, 2.05) is 17.6 Å². The van der Waals surface area contributed by atoms with Gasteiger partial charge in [0.15, 0.2) is 0 Å². The summed E-state index contributed by atoms with van der Waals surface area (Å²) in [7, 11) is 1.67. The molecule has 4 heteroatoms. The van der Waals surface area contributed by atoms with Crippen LogP contribution in [0.4, 0.5) is 0 Å². The lowest BCUT2D eigenvalue weighted by molar-refractivity contribution is 0.416. The number of hydrogen-bond acceptors (Lipinski definition) is 4. The first-order valence-electron chi connectivity index (χ1n) is 6.04. The van der Waals surface area contributed by atoms with Crippen molar-refractivity contribution in [2.75, 3.05) is 7.11 Å². The normalized spacial score (nSPS) is 12.4. The number of hydrogen-bond donors (Lipinski definition) is 1. The van der Waals surface area contributed by atoms with Crippen molar-refractivity contribution in [1.29, 1.82) is 0 Å². The van der Waals surface area contributed by atoms with Gasteiger partial charge in [0, 0.05) is 34.6 Å². The zero-order valence-electron chi connectivity index (χ0n) is 10.7. The molecule has 2 rings (SSSR count). The second-order valence-corrected chi connectivity index (χ2v) is 5.15. The third kappa shape index (κ3) is 3.09. The van der Waals surface area contributed by atoms with Gasteiger partial charge in [0.2, 0.25) is 0 Å². The molecule has 2 heterocycles. The highest BCUT2D eigenvalue weighted by molar-refractivity contribution is 7.10. The molecule has 0 aliphatic heterocycles. The summed E-state index contributed by atoms with van der Waals surface area (Å²) in [6.45, 7) is 2.13. The molecule has 1 unspecified atom stereocenters. The van der Waals surface area contributed by atoms with E-state index in [9.17, 15) is 0 Å². The standard InChI is InChI=1S/C14H18N2OS/c1-3-10-4-5-11(16-8-10)6-13(15)14-7-12(17-2)9-18-14/h4-5,7-9,13H,3,6,15H2,1-2H3. The molecule has 0 saturated carbocycles. The van der Waals surface area contributed by atoms with E-state index < -0.39 is 0 Å². The fraction of sp³-hybridized carbons (Fsp3) is 0.357. The lowest BCUT2D eigenvalue weighted by Crippen LogP contribution is -2.12. The van der Waals surface area contributed by atoms with Gasteiger partial charge in [0.25, 0.3) is 0 Å². The molecule has 2 N–H and O–H groups in total. The largest absolute Gasteiger partial charge is 0.496 e. The zero-order valence-corrected chi connectivity index (χ0v) is 11.5. The predicted octanol–water partition coefficient (Wildman–Crippen LogP) is 2.96. The maximum Gasteiger partial charge on any atom is 0.129 e. The molecule has 0 saturated heterocycles. The summed E-state index contributed by atoms with van der Waals surface area (Å²) in [6, 6.07) is 6.16. The molecule has 96 valence electrons. The predicted molar refractivity (Wildman–Crippen MR) is 75.1 cm³/mol. The quantitative estimate of drug-likeness (QED) is 0.901. The third-order valence-corrected chi connectivity index (χ3v) is 3.96. The molecule has 0 aliphatic carbocycles. The number of pyridine rings is 1. The molecule has 0 aromatic carbocycles. The molecule has 0 bridgehead atoms. The average molecular weight is 262 g/mol. The summed E-state index contributed by atoms with van der Waals surface area (Å²) in [6.07, 6.45) is 3.70. The van der Waals surface area contributed by atoms with Crippen molar-refractivity contribution in [2.24, 2.45) is 5.73 Å². The van der Waals surface area contributed by atoms with Gasteiger partial charge in [-0.05, 0) is 24.1 Å². The Hall–Kier alpha value is -1.39. The van der Waals surface area contributed by atoms with Gasteiger partial charge in [-0.1, -0.05) is 13.0 Å². The van der Waals surface area contributed by atoms with E-state index in [4.69, 9.17) is 10.5 Å². The van der Waals surface area contributed by atoms with Crippen molar-refractivity contribution in [1.82, 2.24) is 4.98 Å². The molecule has 1 atom stereocenters. The number of thiophene rings is 1. The van der Waals surface area contributed by atoms with Crippen molar-refractivity contribution in [3.63, 3.8) is 0 Å². The maximum absolute atomic E-state index is 6.18. The molecular weight excluding hydrogens is 244 g/mol. The molecule has 18 heavy (non-hydrogen) atoms. The average Bonchev–Trinajstić information content (AvgIpc) is 2.88. The number of methoxy groups -OCH3 is 1. The van der Waals surface area contributed by atoms with Crippen LogP contribution in [-0.2, 0) is 12.8 Å². The molecule has 3 nitrogen and oxygen atoms in total. The first kappa shape index (κ1) is 13.1. The van der Waals surface area contributed by atoms with Crippen LogP contribution in [0.15, 0.2) is 29.8 Å². The Kier molecular flexibility index (Phi) is 4.33. The number of aryl methyl sites for hydroxylation is 1. The Morgan fingerprint density at radius 3 is 2.83 bits per heavy atom. The summed E-state index contributed by atoms with van der Waals surface area (Å²) in [5, 5.41) is 1.98. The SMILES string of the molecule is CCc1ccc(CC(N)c2cc(OC)cs2)nc1. The number of rotatable bonds is 5. The van der Waals surface area contributed by atoms with Crippen molar-refractivity contribution < 1.29 is 4.74 Å². The lowest BCUT2D eigenvalue weighted by Gasteiger charge is -2.09. The molecule has 2 aromatic heterocycles. The monoisotopic (exact) mass is 262 g/mol. The van der Waals surface area contributed by atoms with Crippen LogP contribution in [0, 0.1) is 0 Å². The maximum atomic E-state index is 6.18. The molecule has 0 aliphatic rings. The minimum absolute atomic E-state index is 0.0149. The van der Waals surface area contributed by atoms with E-state index in [0.29, 0.717) is 0 Å². The van der Waals surface area contributed by atoms with Gasteiger partial charge in [0.05, 0.1) is 7.11 Å². The fourth-order valence-electron chi connectivity index (χ4n) is 1.75. The van der Waals surface area contributed by atoms with Crippen molar-refractivity contribution in [3.05, 3.63) is 45.9 Å². The smallest absolute Gasteiger partial charge is 0.129 e. The van der Waals surface area contributed by atoms with Crippen LogP contribution in [0.1, 0.15) is 29.1 Å². The fourth-order valence-corrected chi connectivity index (χ4v) is 2.61. The summed E-state index contributed by atoms with van der Waals surface area (Å²) in [5.41, 5.74) is 8.47. The third-order valence-electron chi connectivity index (χ3n) is 2.92. The van der Waals surface area contributed by atoms with E-state index in [0.717, 1.165) is 29.2 Å². The Morgan fingerprint density at radius 1 is 1.44 bits per heavy atom. The molecule has 0 radical (unpaired) electrons. The number of nitrogens with two attached hydrogens (primary N) is 1. The van der Waals surface area contributed by atoms with E-state index in [2.05, 4.69) is 24.0 Å². The highest BCUT2D eigenvalue weighted by atomic mass is 32.1. The molecule has 0 amide bonds. The summed E-state index contributed by atoms with van der Waals surface area (Å²) in [5.74, 6) is 0.875. The van der Waals surface area contributed by atoms with Gasteiger partial charge >= 0.3 is 0 Å². The van der Waals surface area contributed by atoms with Crippen LogP contribution >= 0.6 is 11.3 Å². The molecule has 2 aromatic rings. The van der Waals surface area contributed by atoms with Gasteiger partial charge in [-0.2, -0.15) is 0 Å². The molecule has 0 fully saturated rings. The van der Waals surface area contributed by atoms with Crippen LogP contribution < -0.4 is 10.5 Å². The van der Waals surface area contributed by atoms with Gasteiger partial charge in [0.1, 0.15) is 5.75 Å². The Morgan fingerprint density at radius 2 is 2.28 bits per heavy atom. The van der Waals surface area contributed by atoms with Gasteiger partial charge < -0.3 is 10.5 Å². The van der Waals surface area contributed by atoms with E-state index in [1.54, 1.807) is 18.4 Å². The molecule has 0 spiro atoms. The van der Waals surface area contributed by atoms with Gasteiger partial charge in [-0.15, -0.1) is 11.3 Å². The second kappa shape index (κ2) is 5.98. The Balaban J connectivity index is 2.03. The number of aromatic nitrogens is 1. The Bertz CT molecular complexity index is 493. The Labute approximate surface area is 112 Å². The van der Waals surface area contributed by atoms with Crippen molar-refractivity contribution in [2.45, 2.75) is 25.8 Å². The summed E-state index contributed by atoms with van der Waals surface area (Å²) in [4.78, 5) is 5.57. The van der Waals surface area contributed by atoms with Crippen LogP contribution in [0.2, 0.25) is 0 Å². The highest BCUT2D eigenvalue weighted by Gasteiger charge is 2.11. The molecular formula is C14H18N2OS. The summed E-state index contributed by atoms with van der Waals surface area (Å²) < 4.78 is 5.16. The highest BCUT2D eigenvalue weighted by Crippen LogP contribution is 2.27. The van der Waals surface area contributed by atoms with Gasteiger partial charge in [-0.3, -0.25) is 4.98 Å². The zero-order chi connectivity index (χ0) is 13.0. The van der Waals surface area contributed by atoms with Gasteiger partial charge in [-0.25, -0.2) is 0 Å².